The average Bonchev–Trinajstić information content (AvgIpc) is 2.88. The van der Waals surface area contributed by atoms with Crippen molar-refractivity contribution in [3.63, 3.8) is 0 Å². The molecule has 0 unspecified atom stereocenters. The standard InChI is InChI=1S/C14H25BrN4OS/c1-16-14(18-11-12-5-6-13(15)21-12)17-7-9-19(2)8-4-10-20-3/h5-6H,4,7-11H2,1-3H3,(H2,16,17,18). The van der Waals surface area contributed by atoms with Crippen LogP contribution in [0.4, 0.5) is 0 Å². The minimum absolute atomic E-state index is 0.791. The van der Waals surface area contributed by atoms with Crippen LogP contribution in [-0.2, 0) is 11.3 Å². The van der Waals surface area contributed by atoms with E-state index in [2.05, 4.69) is 55.6 Å². The number of rotatable bonds is 9. The Balaban J connectivity index is 2.16. The Kier molecular flexibility index (Phi) is 9.65. The summed E-state index contributed by atoms with van der Waals surface area (Å²) in [7, 11) is 5.65. The molecule has 1 heterocycles. The van der Waals surface area contributed by atoms with E-state index in [1.54, 1.807) is 25.5 Å². The number of hydrogen-bond donors (Lipinski definition) is 2. The van der Waals surface area contributed by atoms with Crippen LogP contribution in [0.2, 0.25) is 0 Å². The van der Waals surface area contributed by atoms with Gasteiger partial charge in [0.2, 0.25) is 0 Å². The number of nitrogens with zero attached hydrogens (tertiary/aromatic N) is 2. The second-order valence-corrected chi connectivity index (χ2v) is 7.26. The Hall–Kier alpha value is -0.630. The Morgan fingerprint density at radius 1 is 1.38 bits per heavy atom. The predicted octanol–water partition coefficient (Wildman–Crippen LogP) is 2.14. The summed E-state index contributed by atoms with van der Waals surface area (Å²) in [6, 6.07) is 4.17. The highest BCUT2D eigenvalue weighted by Gasteiger charge is 2.02. The maximum atomic E-state index is 5.05. The van der Waals surface area contributed by atoms with Gasteiger partial charge in [0.1, 0.15) is 0 Å². The fraction of sp³-hybridized carbons (Fsp3) is 0.643. The van der Waals surface area contributed by atoms with Gasteiger partial charge < -0.3 is 20.3 Å². The molecule has 120 valence electrons. The zero-order valence-corrected chi connectivity index (χ0v) is 15.4. The molecule has 0 aromatic carbocycles. The molecule has 1 rings (SSSR count). The summed E-state index contributed by atoms with van der Waals surface area (Å²) < 4.78 is 6.21. The van der Waals surface area contributed by atoms with Crippen molar-refractivity contribution in [1.82, 2.24) is 15.5 Å². The van der Waals surface area contributed by atoms with E-state index < -0.39 is 0 Å². The second kappa shape index (κ2) is 11.0. The molecule has 0 amide bonds. The van der Waals surface area contributed by atoms with Crippen LogP contribution in [0.25, 0.3) is 0 Å². The van der Waals surface area contributed by atoms with E-state index in [9.17, 15) is 0 Å². The molecular formula is C14H25BrN4OS. The molecule has 0 bridgehead atoms. The molecule has 0 spiro atoms. The number of likely N-dealkylation sites (N-methyl/N-ethyl adjacent to an activating group) is 1. The minimum Gasteiger partial charge on any atom is -0.385 e. The third kappa shape index (κ3) is 8.40. The van der Waals surface area contributed by atoms with Crippen molar-refractivity contribution in [3.05, 3.63) is 20.8 Å². The molecule has 0 saturated carbocycles. The van der Waals surface area contributed by atoms with Crippen LogP contribution in [-0.4, -0.2) is 58.3 Å². The van der Waals surface area contributed by atoms with Gasteiger partial charge in [0, 0.05) is 45.3 Å². The quantitative estimate of drug-likeness (QED) is 0.393. The number of ether oxygens (including phenoxy) is 1. The fourth-order valence-corrected chi connectivity index (χ4v) is 3.22. The van der Waals surface area contributed by atoms with Gasteiger partial charge in [0.25, 0.3) is 0 Å². The van der Waals surface area contributed by atoms with Crippen LogP contribution in [0.15, 0.2) is 20.9 Å². The maximum absolute atomic E-state index is 5.05. The molecule has 1 aromatic rings. The number of halogens is 1. The highest BCUT2D eigenvalue weighted by atomic mass is 79.9. The molecule has 5 nitrogen and oxygen atoms in total. The average molecular weight is 377 g/mol. The summed E-state index contributed by atoms with van der Waals surface area (Å²) in [5.74, 6) is 0.838. The van der Waals surface area contributed by atoms with Gasteiger partial charge in [-0.25, -0.2) is 0 Å². The van der Waals surface area contributed by atoms with E-state index >= 15 is 0 Å². The highest BCUT2D eigenvalue weighted by molar-refractivity contribution is 9.11. The van der Waals surface area contributed by atoms with Gasteiger partial charge in [-0.1, -0.05) is 0 Å². The van der Waals surface area contributed by atoms with Crippen LogP contribution >= 0.6 is 27.3 Å². The lowest BCUT2D eigenvalue weighted by atomic mass is 10.4. The van der Waals surface area contributed by atoms with Crippen LogP contribution in [0.5, 0.6) is 0 Å². The SMILES string of the molecule is CN=C(NCCN(C)CCCOC)NCc1ccc(Br)s1. The molecule has 0 fully saturated rings. The first kappa shape index (κ1) is 18.4. The lowest BCUT2D eigenvalue weighted by Gasteiger charge is -2.18. The van der Waals surface area contributed by atoms with E-state index in [0.717, 1.165) is 49.0 Å². The molecule has 0 aliphatic rings. The summed E-state index contributed by atoms with van der Waals surface area (Å²) in [5, 5.41) is 6.64. The Bertz CT molecular complexity index is 425. The number of nitrogens with one attached hydrogen (secondary N) is 2. The molecule has 7 heteroatoms. The van der Waals surface area contributed by atoms with E-state index in [-0.39, 0.29) is 0 Å². The molecule has 0 radical (unpaired) electrons. The number of hydrogen-bond acceptors (Lipinski definition) is 4. The zero-order valence-electron chi connectivity index (χ0n) is 13.0. The lowest BCUT2D eigenvalue weighted by Crippen LogP contribution is -2.40. The summed E-state index contributed by atoms with van der Waals surface area (Å²) in [5.41, 5.74) is 0. The number of methoxy groups -OCH3 is 1. The highest BCUT2D eigenvalue weighted by Crippen LogP contribution is 2.21. The largest absolute Gasteiger partial charge is 0.385 e. The number of guanidine groups is 1. The zero-order chi connectivity index (χ0) is 15.5. The van der Waals surface area contributed by atoms with Crippen molar-refractivity contribution in [2.45, 2.75) is 13.0 Å². The monoisotopic (exact) mass is 376 g/mol. The normalized spacial score (nSPS) is 12.0. The molecule has 0 aliphatic heterocycles. The van der Waals surface area contributed by atoms with Crippen LogP contribution < -0.4 is 10.6 Å². The summed E-state index contributed by atoms with van der Waals surface area (Å²) in [4.78, 5) is 7.80. The van der Waals surface area contributed by atoms with E-state index in [1.165, 1.54) is 4.88 Å². The Morgan fingerprint density at radius 3 is 2.81 bits per heavy atom. The Labute approximate surface area is 139 Å². The smallest absolute Gasteiger partial charge is 0.191 e. The molecule has 0 atom stereocenters. The summed E-state index contributed by atoms with van der Waals surface area (Å²) in [6.07, 6.45) is 1.06. The predicted molar refractivity (Wildman–Crippen MR) is 94.2 cm³/mol. The topological polar surface area (TPSA) is 48.9 Å². The maximum Gasteiger partial charge on any atom is 0.191 e. The molecule has 21 heavy (non-hydrogen) atoms. The summed E-state index contributed by atoms with van der Waals surface area (Å²) in [6.45, 7) is 4.51. The van der Waals surface area contributed by atoms with Crippen molar-refractivity contribution >= 4 is 33.2 Å². The van der Waals surface area contributed by atoms with Crippen molar-refractivity contribution in [1.29, 1.82) is 0 Å². The second-order valence-electron chi connectivity index (χ2n) is 4.71. The summed E-state index contributed by atoms with van der Waals surface area (Å²) >= 11 is 5.20. The minimum atomic E-state index is 0.791. The third-order valence-electron chi connectivity index (χ3n) is 2.96. The van der Waals surface area contributed by atoms with Crippen molar-refractivity contribution < 1.29 is 4.74 Å². The Morgan fingerprint density at radius 2 is 2.19 bits per heavy atom. The van der Waals surface area contributed by atoms with E-state index in [0.29, 0.717) is 0 Å². The number of aliphatic imine (C=N–C) groups is 1. The van der Waals surface area contributed by atoms with Crippen LogP contribution in [0.3, 0.4) is 0 Å². The van der Waals surface area contributed by atoms with Crippen LogP contribution in [0.1, 0.15) is 11.3 Å². The molecule has 0 aliphatic carbocycles. The van der Waals surface area contributed by atoms with E-state index in [1.807, 2.05) is 0 Å². The van der Waals surface area contributed by atoms with Gasteiger partial charge >= 0.3 is 0 Å². The van der Waals surface area contributed by atoms with Gasteiger partial charge in [-0.3, -0.25) is 4.99 Å². The van der Waals surface area contributed by atoms with Gasteiger partial charge in [0.15, 0.2) is 5.96 Å². The van der Waals surface area contributed by atoms with Gasteiger partial charge in [0.05, 0.1) is 10.3 Å². The molecule has 0 saturated heterocycles. The molecule has 1 aromatic heterocycles. The number of thiophene rings is 1. The van der Waals surface area contributed by atoms with Crippen molar-refractivity contribution in [3.8, 4) is 0 Å². The lowest BCUT2D eigenvalue weighted by molar-refractivity contribution is 0.180. The van der Waals surface area contributed by atoms with Crippen molar-refractivity contribution in [2.24, 2.45) is 4.99 Å². The van der Waals surface area contributed by atoms with Crippen molar-refractivity contribution in [2.75, 3.05) is 47.4 Å². The van der Waals surface area contributed by atoms with Gasteiger partial charge in [-0.05, 0) is 41.5 Å². The van der Waals surface area contributed by atoms with Crippen LogP contribution in [0, 0.1) is 0 Å². The molecule has 2 N–H and O–H groups in total. The first-order valence-electron chi connectivity index (χ1n) is 7.02. The van der Waals surface area contributed by atoms with Gasteiger partial charge in [-0.15, -0.1) is 11.3 Å². The van der Waals surface area contributed by atoms with E-state index in [4.69, 9.17) is 4.74 Å². The van der Waals surface area contributed by atoms with Gasteiger partial charge in [-0.2, -0.15) is 0 Å². The third-order valence-corrected chi connectivity index (χ3v) is 4.58. The first-order valence-corrected chi connectivity index (χ1v) is 8.63. The molecular weight excluding hydrogens is 352 g/mol. The fourth-order valence-electron chi connectivity index (χ4n) is 1.79. The first-order chi connectivity index (χ1) is 10.2.